The third kappa shape index (κ3) is 5.48. The van der Waals surface area contributed by atoms with Gasteiger partial charge in [0.05, 0.1) is 24.7 Å². The molecule has 6 nitrogen and oxygen atoms in total. The van der Waals surface area contributed by atoms with Gasteiger partial charge in [-0.2, -0.15) is 18.3 Å². The summed E-state index contributed by atoms with van der Waals surface area (Å²) in [6.45, 7) is 0.696. The zero-order chi connectivity index (χ0) is 24.1. The third-order valence-corrected chi connectivity index (χ3v) is 5.36. The molecular formula is C25H23F3N4O2. The number of nitrogens with zero attached hydrogens (tertiary/aromatic N) is 2. The fourth-order valence-electron chi connectivity index (χ4n) is 3.58. The summed E-state index contributed by atoms with van der Waals surface area (Å²) >= 11 is 0. The normalized spacial score (nSPS) is 11.4. The SMILES string of the molecule is COc1ccc(CCNC(=O)Nc2nn(Cc3ccc(C(F)(F)F)cc3)c3ccccc23)cc1. The molecule has 0 radical (unpaired) electrons. The second kappa shape index (κ2) is 9.86. The van der Waals surface area contributed by atoms with E-state index in [9.17, 15) is 18.0 Å². The lowest BCUT2D eigenvalue weighted by atomic mass is 10.1. The van der Waals surface area contributed by atoms with Crippen LogP contribution in [0.2, 0.25) is 0 Å². The quantitative estimate of drug-likeness (QED) is 0.378. The zero-order valence-corrected chi connectivity index (χ0v) is 18.4. The van der Waals surface area contributed by atoms with Crippen molar-refractivity contribution in [2.45, 2.75) is 19.1 Å². The number of carbonyl (C=O) groups excluding carboxylic acids is 1. The van der Waals surface area contributed by atoms with Crippen LogP contribution < -0.4 is 15.4 Å². The largest absolute Gasteiger partial charge is 0.497 e. The summed E-state index contributed by atoms with van der Waals surface area (Å²) in [6.07, 6.45) is -3.73. The number of carbonyl (C=O) groups is 1. The first-order chi connectivity index (χ1) is 16.3. The minimum atomic E-state index is -4.38. The Hall–Kier alpha value is -4.01. The lowest BCUT2D eigenvalue weighted by Crippen LogP contribution is -2.30. The molecule has 0 spiro atoms. The average molecular weight is 468 g/mol. The molecule has 2 N–H and O–H groups in total. The lowest BCUT2D eigenvalue weighted by Gasteiger charge is -2.08. The first-order valence-electron chi connectivity index (χ1n) is 10.6. The van der Waals surface area contributed by atoms with Gasteiger partial charge in [-0.3, -0.25) is 10.00 Å². The van der Waals surface area contributed by atoms with E-state index >= 15 is 0 Å². The van der Waals surface area contributed by atoms with Crippen molar-refractivity contribution in [3.8, 4) is 5.75 Å². The van der Waals surface area contributed by atoms with Gasteiger partial charge in [-0.1, -0.05) is 36.4 Å². The molecule has 0 saturated heterocycles. The van der Waals surface area contributed by atoms with Crippen LogP contribution in [0.5, 0.6) is 5.75 Å². The molecule has 0 unspecified atom stereocenters. The van der Waals surface area contributed by atoms with Gasteiger partial charge in [0.1, 0.15) is 5.75 Å². The summed E-state index contributed by atoms with van der Waals surface area (Å²) < 4.78 is 45.3. The van der Waals surface area contributed by atoms with E-state index in [2.05, 4.69) is 15.7 Å². The van der Waals surface area contributed by atoms with Crippen LogP contribution in [0.1, 0.15) is 16.7 Å². The number of alkyl halides is 3. The molecule has 0 bridgehead atoms. The van der Waals surface area contributed by atoms with Crippen LogP contribution in [0.4, 0.5) is 23.8 Å². The van der Waals surface area contributed by atoms with Gasteiger partial charge in [0.15, 0.2) is 5.82 Å². The molecule has 34 heavy (non-hydrogen) atoms. The number of anilines is 1. The van der Waals surface area contributed by atoms with Crippen molar-refractivity contribution < 1.29 is 22.7 Å². The Morgan fingerprint density at radius 3 is 2.32 bits per heavy atom. The van der Waals surface area contributed by atoms with E-state index in [0.29, 0.717) is 24.3 Å². The molecule has 1 aromatic heterocycles. The predicted octanol–water partition coefficient (Wildman–Crippen LogP) is 5.48. The predicted molar refractivity (Wildman–Crippen MR) is 124 cm³/mol. The Kier molecular flexibility index (Phi) is 6.72. The number of amides is 2. The number of benzene rings is 3. The van der Waals surface area contributed by atoms with E-state index < -0.39 is 17.8 Å². The van der Waals surface area contributed by atoms with Gasteiger partial charge in [-0.15, -0.1) is 0 Å². The zero-order valence-electron chi connectivity index (χ0n) is 18.4. The molecule has 4 rings (SSSR count). The molecule has 176 valence electrons. The van der Waals surface area contributed by atoms with Gasteiger partial charge < -0.3 is 10.1 Å². The summed E-state index contributed by atoms with van der Waals surface area (Å²) in [6, 6.07) is 19.5. The van der Waals surface area contributed by atoms with Crippen LogP contribution in [-0.4, -0.2) is 29.5 Å². The van der Waals surface area contributed by atoms with Crippen molar-refractivity contribution in [1.29, 1.82) is 0 Å². The Balaban J connectivity index is 1.42. The van der Waals surface area contributed by atoms with Gasteiger partial charge in [-0.05, 0) is 53.9 Å². The number of rotatable bonds is 7. The van der Waals surface area contributed by atoms with Gasteiger partial charge in [0, 0.05) is 11.9 Å². The maximum atomic E-state index is 12.8. The number of para-hydroxylation sites is 1. The van der Waals surface area contributed by atoms with E-state index in [4.69, 9.17) is 4.74 Å². The second-order valence-electron chi connectivity index (χ2n) is 7.70. The fraction of sp³-hybridized carbons (Fsp3) is 0.200. The van der Waals surface area contributed by atoms with Crippen LogP contribution in [0.3, 0.4) is 0 Å². The Morgan fingerprint density at radius 2 is 1.65 bits per heavy atom. The molecule has 9 heteroatoms. The minimum absolute atomic E-state index is 0.263. The number of nitrogens with one attached hydrogen (secondary N) is 2. The Bertz CT molecular complexity index is 1270. The topological polar surface area (TPSA) is 68.2 Å². The van der Waals surface area contributed by atoms with E-state index in [-0.39, 0.29) is 6.54 Å². The van der Waals surface area contributed by atoms with E-state index in [1.165, 1.54) is 12.1 Å². The summed E-state index contributed by atoms with van der Waals surface area (Å²) in [5.41, 5.74) is 1.79. The van der Waals surface area contributed by atoms with Crippen LogP contribution in [0.25, 0.3) is 10.9 Å². The smallest absolute Gasteiger partial charge is 0.416 e. The van der Waals surface area contributed by atoms with Gasteiger partial charge in [0.2, 0.25) is 0 Å². The number of aromatic nitrogens is 2. The van der Waals surface area contributed by atoms with E-state index in [1.54, 1.807) is 11.8 Å². The Labute approximate surface area is 194 Å². The molecule has 0 fully saturated rings. The highest BCUT2D eigenvalue weighted by Crippen LogP contribution is 2.29. The molecule has 2 amide bonds. The van der Waals surface area contributed by atoms with Crippen molar-refractivity contribution in [1.82, 2.24) is 15.1 Å². The molecule has 0 aliphatic rings. The van der Waals surface area contributed by atoms with E-state index in [1.807, 2.05) is 48.5 Å². The molecule has 3 aromatic carbocycles. The maximum absolute atomic E-state index is 12.8. The number of hydrogen-bond acceptors (Lipinski definition) is 3. The number of hydrogen-bond donors (Lipinski definition) is 2. The molecular weight excluding hydrogens is 445 g/mol. The van der Waals surface area contributed by atoms with Crippen LogP contribution in [-0.2, 0) is 19.1 Å². The molecule has 1 heterocycles. The number of halogens is 3. The Morgan fingerprint density at radius 1 is 0.971 bits per heavy atom. The average Bonchev–Trinajstić information content (AvgIpc) is 3.16. The molecule has 0 saturated carbocycles. The molecule has 0 aliphatic carbocycles. The van der Waals surface area contributed by atoms with Crippen LogP contribution >= 0.6 is 0 Å². The summed E-state index contributed by atoms with van der Waals surface area (Å²) in [5.74, 6) is 1.15. The monoisotopic (exact) mass is 468 g/mol. The minimum Gasteiger partial charge on any atom is -0.497 e. The molecule has 0 atom stereocenters. The summed E-state index contributed by atoms with van der Waals surface area (Å²) in [4.78, 5) is 12.4. The van der Waals surface area contributed by atoms with Crippen LogP contribution in [0.15, 0.2) is 72.8 Å². The van der Waals surface area contributed by atoms with Crippen molar-refractivity contribution in [3.63, 3.8) is 0 Å². The fourth-order valence-corrected chi connectivity index (χ4v) is 3.58. The first-order valence-corrected chi connectivity index (χ1v) is 10.6. The van der Waals surface area contributed by atoms with Gasteiger partial charge >= 0.3 is 12.2 Å². The second-order valence-corrected chi connectivity index (χ2v) is 7.70. The van der Waals surface area contributed by atoms with Crippen molar-refractivity contribution >= 4 is 22.8 Å². The molecule has 4 aromatic rings. The number of urea groups is 1. The lowest BCUT2D eigenvalue weighted by molar-refractivity contribution is -0.137. The highest BCUT2D eigenvalue weighted by molar-refractivity contribution is 5.99. The van der Waals surface area contributed by atoms with Crippen molar-refractivity contribution in [2.75, 3.05) is 19.0 Å². The number of fused-ring (bicyclic) bond motifs is 1. The third-order valence-electron chi connectivity index (χ3n) is 5.36. The van der Waals surface area contributed by atoms with Crippen molar-refractivity contribution in [2.24, 2.45) is 0 Å². The van der Waals surface area contributed by atoms with Crippen LogP contribution in [0, 0.1) is 0 Å². The van der Waals surface area contributed by atoms with Crippen molar-refractivity contribution in [3.05, 3.63) is 89.5 Å². The summed E-state index contributed by atoms with van der Waals surface area (Å²) in [5, 5.41) is 10.8. The van der Waals surface area contributed by atoms with Gasteiger partial charge in [0.25, 0.3) is 0 Å². The first kappa shape index (κ1) is 23.2. The van der Waals surface area contributed by atoms with E-state index in [0.717, 1.165) is 34.3 Å². The summed E-state index contributed by atoms with van der Waals surface area (Å²) in [7, 11) is 1.61. The molecule has 0 aliphatic heterocycles. The maximum Gasteiger partial charge on any atom is 0.416 e. The number of ether oxygens (including phenoxy) is 1. The van der Waals surface area contributed by atoms with Gasteiger partial charge in [-0.25, -0.2) is 4.79 Å². The highest BCUT2D eigenvalue weighted by atomic mass is 19.4. The highest BCUT2D eigenvalue weighted by Gasteiger charge is 2.30. The number of methoxy groups -OCH3 is 1. The standard InChI is InChI=1S/C25H23F3N4O2/c1-34-20-12-8-17(9-13-20)14-15-29-24(33)30-23-21-4-2-3-5-22(21)32(31-23)16-18-6-10-19(11-7-18)25(26,27)28/h2-13H,14-16H2,1H3,(H2,29,30,31,33).